The normalized spacial score (nSPS) is 22.8. The lowest BCUT2D eigenvalue weighted by Gasteiger charge is -2.51. The van der Waals surface area contributed by atoms with Crippen molar-refractivity contribution in [3.8, 4) is 0 Å². The van der Waals surface area contributed by atoms with Gasteiger partial charge in [-0.3, -0.25) is 0 Å². The Morgan fingerprint density at radius 1 is 0.852 bits per heavy atom. The molecule has 1 saturated carbocycles. The molecule has 4 heteroatoms. The molecule has 4 nitrogen and oxygen atoms in total. The lowest BCUT2D eigenvalue weighted by molar-refractivity contribution is -0.577. The standard InChI is InChI=1S/C23H46O4/c1-10-12-17-21(6,7)24-26-23(19(3)15-14-16-20(23,4)5)27-25-22(8,9)18-13-11-2/h19H,10-18H2,1-9H3. The molecule has 0 radical (unpaired) electrons. The molecular formula is C23H46O4. The summed E-state index contributed by atoms with van der Waals surface area (Å²) in [6, 6.07) is 0. The molecule has 1 atom stereocenters. The minimum atomic E-state index is -0.905. The number of hydrogen-bond donors (Lipinski definition) is 0. The van der Waals surface area contributed by atoms with Gasteiger partial charge in [0.05, 0.1) is 11.2 Å². The Balaban J connectivity index is 2.96. The molecule has 1 unspecified atom stereocenters. The summed E-state index contributed by atoms with van der Waals surface area (Å²) in [7, 11) is 0. The molecule has 0 aromatic carbocycles. The minimum Gasteiger partial charge on any atom is -0.228 e. The van der Waals surface area contributed by atoms with Crippen LogP contribution in [0, 0.1) is 11.3 Å². The number of hydrogen-bond acceptors (Lipinski definition) is 4. The Labute approximate surface area is 168 Å². The van der Waals surface area contributed by atoms with Crippen LogP contribution in [0.4, 0.5) is 0 Å². The van der Waals surface area contributed by atoms with Gasteiger partial charge in [-0.05, 0) is 53.4 Å². The van der Waals surface area contributed by atoms with Crippen molar-refractivity contribution >= 4 is 0 Å². The summed E-state index contributed by atoms with van der Waals surface area (Å²) in [4.78, 5) is 24.5. The molecule has 0 aliphatic heterocycles. The van der Waals surface area contributed by atoms with Gasteiger partial charge in [0.1, 0.15) is 0 Å². The molecule has 0 bridgehead atoms. The highest BCUT2D eigenvalue weighted by Gasteiger charge is 2.57. The molecule has 1 fully saturated rings. The van der Waals surface area contributed by atoms with Gasteiger partial charge in [-0.2, -0.15) is 9.78 Å². The molecule has 0 N–H and O–H groups in total. The van der Waals surface area contributed by atoms with Crippen LogP contribution >= 0.6 is 0 Å². The molecule has 1 rings (SSSR count). The van der Waals surface area contributed by atoms with Crippen LogP contribution in [0.2, 0.25) is 0 Å². The summed E-state index contributed by atoms with van der Waals surface area (Å²) in [5, 5.41) is 0. The van der Waals surface area contributed by atoms with Crippen molar-refractivity contribution < 1.29 is 19.6 Å². The third-order valence-electron chi connectivity index (χ3n) is 6.08. The van der Waals surface area contributed by atoms with Crippen LogP contribution in [0.3, 0.4) is 0 Å². The molecule has 0 heterocycles. The van der Waals surface area contributed by atoms with Crippen LogP contribution in [0.15, 0.2) is 0 Å². The lowest BCUT2D eigenvalue weighted by Crippen LogP contribution is -2.58. The highest BCUT2D eigenvalue weighted by Crippen LogP contribution is 2.51. The summed E-state index contributed by atoms with van der Waals surface area (Å²) in [6.07, 6.45) is 9.66. The van der Waals surface area contributed by atoms with Crippen molar-refractivity contribution in [2.75, 3.05) is 0 Å². The van der Waals surface area contributed by atoms with E-state index in [4.69, 9.17) is 19.6 Å². The van der Waals surface area contributed by atoms with E-state index in [1.165, 1.54) is 6.42 Å². The van der Waals surface area contributed by atoms with E-state index in [9.17, 15) is 0 Å². The Hall–Kier alpha value is -0.160. The van der Waals surface area contributed by atoms with Crippen molar-refractivity contribution in [1.29, 1.82) is 0 Å². The Kier molecular flexibility index (Phi) is 9.26. The Bertz CT molecular complexity index is 404. The summed E-state index contributed by atoms with van der Waals surface area (Å²) in [5.74, 6) is -0.719. The zero-order valence-electron chi connectivity index (χ0n) is 19.6. The van der Waals surface area contributed by atoms with Gasteiger partial charge in [-0.25, -0.2) is 9.78 Å². The average molecular weight is 387 g/mol. The van der Waals surface area contributed by atoms with Gasteiger partial charge in [0.2, 0.25) is 5.79 Å². The summed E-state index contributed by atoms with van der Waals surface area (Å²) in [6.45, 7) is 19.3. The first-order valence-electron chi connectivity index (χ1n) is 11.1. The van der Waals surface area contributed by atoms with Gasteiger partial charge < -0.3 is 0 Å². The highest BCUT2D eigenvalue weighted by atomic mass is 17.3. The van der Waals surface area contributed by atoms with Crippen LogP contribution in [0.5, 0.6) is 0 Å². The first-order valence-corrected chi connectivity index (χ1v) is 11.1. The summed E-state index contributed by atoms with van der Waals surface area (Å²) in [5.41, 5.74) is -0.902. The maximum absolute atomic E-state index is 6.21. The average Bonchev–Trinajstić information content (AvgIpc) is 2.57. The fraction of sp³-hybridized carbons (Fsp3) is 1.00. The monoisotopic (exact) mass is 386 g/mol. The van der Waals surface area contributed by atoms with Crippen molar-refractivity contribution in [3.63, 3.8) is 0 Å². The zero-order chi connectivity index (χ0) is 20.8. The van der Waals surface area contributed by atoms with E-state index in [2.05, 4.69) is 62.3 Å². The Morgan fingerprint density at radius 3 is 1.67 bits per heavy atom. The number of rotatable bonds is 12. The van der Waals surface area contributed by atoms with E-state index in [0.29, 0.717) is 0 Å². The first kappa shape index (κ1) is 24.9. The van der Waals surface area contributed by atoms with Gasteiger partial charge >= 0.3 is 0 Å². The maximum Gasteiger partial charge on any atom is 0.241 e. The third kappa shape index (κ3) is 6.99. The van der Waals surface area contributed by atoms with E-state index in [0.717, 1.165) is 51.4 Å². The van der Waals surface area contributed by atoms with Crippen LogP contribution in [-0.4, -0.2) is 17.0 Å². The molecule has 0 aromatic rings. The third-order valence-corrected chi connectivity index (χ3v) is 6.08. The van der Waals surface area contributed by atoms with E-state index >= 15 is 0 Å². The van der Waals surface area contributed by atoms with Crippen molar-refractivity contribution in [3.05, 3.63) is 0 Å². The van der Waals surface area contributed by atoms with Gasteiger partial charge in [0.25, 0.3) is 0 Å². The molecular weight excluding hydrogens is 340 g/mol. The second kappa shape index (κ2) is 10.0. The van der Waals surface area contributed by atoms with E-state index in [1.807, 2.05) is 0 Å². The fourth-order valence-corrected chi connectivity index (χ4v) is 3.92. The van der Waals surface area contributed by atoms with Crippen molar-refractivity contribution in [2.24, 2.45) is 11.3 Å². The molecule has 0 saturated heterocycles. The topological polar surface area (TPSA) is 36.9 Å². The van der Waals surface area contributed by atoms with Crippen molar-refractivity contribution in [1.82, 2.24) is 0 Å². The first-order chi connectivity index (χ1) is 12.4. The Morgan fingerprint density at radius 2 is 1.30 bits per heavy atom. The molecule has 0 amide bonds. The maximum atomic E-state index is 6.21. The van der Waals surface area contributed by atoms with E-state index in [-0.39, 0.29) is 22.5 Å². The molecule has 1 aliphatic rings. The quantitative estimate of drug-likeness (QED) is 0.199. The second-order valence-corrected chi connectivity index (χ2v) is 10.4. The lowest BCUT2D eigenvalue weighted by atomic mass is 9.67. The van der Waals surface area contributed by atoms with Gasteiger partial charge in [0.15, 0.2) is 0 Å². The largest absolute Gasteiger partial charge is 0.241 e. The molecule has 27 heavy (non-hydrogen) atoms. The van der Waals surface area contributed by atoms with Crippen LogP contribution in [-0.2, 0) is 19.6 Å². The van der Waals surface area contributed by atoms with Gasteiger partial charge in [-0.1, -0.05) is 66.7 Å². The van der Waals surface area contributed by atoms with Crippen LogP contribution in [0.1, 0.15) is 120 Å². The smallest absolute Gasteiger partial charge is 0.228 e. The van der Waals surface area contributed by atoms with Crippen LogP contribution < -0.4 is 0 Å². The van der Waals surface area contributed by atoms with Crippen molar-refractivity contribution in [2.45, 2.75) is 137 Å². The molecule has 162 valence electrons. The van der Waals surface area contributed by atoms with E-state index < -0.39 is 5.79 Å². The minimum absolute atomic E-state index is 0.185. The van der Waals surface area contributed by atoms with Gasteiger partial charge in [0, 0.05) is 11.3 Å². The van der Waals surface area contributed by atoms with E-state index in [1.54, 1.807) is 0 Å². The number of unbranched alkanes of at least 4 members (excludes halogenated alkanes) is 2. The SMILES string of the molecule is CCCCC(C)(C)OOC1(OOC(C)(C)CCCC)C(C)CCCC1(C)C. The molecule has 1 aliphatic carbocycles. The molecule has 0 aromatic heterocycles. The zero-order valence-corrected chi connectivity index (χ0v) is 19.6. The fourth-order valence-electron chi connectivity index (χ4n) is 3.92. The van der Waals surface area contributed by atoms with Gasteiger partial charge in [-0.15, -0.1) is 0 Å². The van der Waals surface area contributed by atoms with Crippen LogP contribution in [0.25, 0.3) is 0 Å². The summed E-state index contributed by atoms with van der Waals surface area (Å²) < 4.78 is 0. The predicted molar refractivity (Wildman–Crippen MR) is 111 cm³/mol. The summed E-state index contributed by atoms with van der Waals surface area (Å²) >= 11 is 0. The second-order valence-electron chi connectivity index (χ2n) is 10.4. The highest BCUT2D eigenvalue weighted by molar-refractivity contribution is 4.94. The molecule has 0 spiro atoms. The predicted octanol–water partition coefficient (Wildman–Crippen LogP) is 7.36.